The molecule has 0 unspecified atom stereocenters. The van der Waals surface area contributed by atoms with Gasteiger partial charge in [-0.25, -0.2) is 9.67 Å². The van der Waals surface area contributed by atoms with Crippen molar-refractivity contribution in [2.75, 3.05) is 11.9 Å². The smallest absolute Gasteiger partial charge is 0.125 e. The van der Waals surface area contributed by atoms with E-state index in [9.17, 15) is 0 Å². The molecule has 1 N–H and O–H groups in total. The van der Waals surface area contributed by atoms with Crippen LogP contribution in [0.25, 0.3) is 16.8 Å². The van der Waals surface area contributed by atoms with E-state index in [2.05, 4.69) is 53.3 Å². The first-order chi connectivity index (χ1) is 12.2. The molecule has 3 rings (SSSR count). The predicted molar refractivity (Wildman–Crippen MR) is 102 cm³/mol. The highest BCUT2D eigenvalue weighted by Gasteiger charge is 2.06. The SMILES string of the molecule is CCCc1cc(-n2cc(-c3ccc(NCC(C)C)nc3)cn2)ccn1. The zero-order chi connectivity index (χ0) is 17.6. The molecule has 5 nitrogen and oxygen atoms in total. The molecule has 0 amide bonds. The third-order valence-corrected chi connectivity index (χ3v) is 3.94. The topological polar surface area (TPSA) is 55.6 Å². The molecule has 0 spiro atoms. The summed E-state index contributed by atoms with van der Waals surface area (Å²) < 4.78 is 1.89. The Morgan fingerprint density at radius 3 is 2.68 bits per heavy atom. The number of aromatic nitrogens is 4. The first kappa shape index (κ1) is 17.1. The lowest BCUT2D eigenvalue weighted by atomic mass is 10.1. The van der Waals surface area contributed by atoms with Crippen LogP contribution in [0, 0.1) is 5.92 Å². The van der Waals surface area contributed by atoms with Crippen LogP contribution in [-0.2, 0) is 6.42 Å². The van der Waals surface area contributed by atoms with Gasteiger partial charge in [0.05, 0.1) is 11.9 Å². The van der Waals surface area contributed by atoms with Crippen LogP contribution in [0.2, 0.25) is 0 Å². The molecule has 25 heavy (non-hydrogen) atoms. The van der Waals surface area contributed by atoms with Crippen LogP contribution in [0.15, 0.2) is 49.1 Å². The normalized spacial score (nSPS) is 11.0. The molecule has 0 aliphatic carbocycles. The minimum absolute atomic E-state index is 0.595. The highest BCUT2D eigenvalue weighted by molar-refractivity contribution is 5.62. The standard InChI is InChI=1S/C20H25N5/c1-4-5-18-10-19(8-9-21-18)25-14-17(13-24-25)16-6-7-20(23-12-16)22-11-15(2)3/h6-10,12-15H,4-5,11H2,1-3H3,(H,22,23). The van der Waals surface area contributed by atoms with Crippen LogP contribution in [0.5, 0.6) is 0 Å². The van der Waals surface area contributed by atoms with Crippen molar-refractivity contribution < 1.29 is 0 Å². The van der Waals surface area contributed by atoms with Crippen LogP contribution in [0.1, 0.15) is 32.9 Å². The summed E-state index contributed by atoms with van der Waals surface area (Å²) >= 11 is 0. The second-order valence-corrected chi connectivity index (χ2v) is 6.64. The van der Waals surface area contributed by atoms with Crippen LogP contribution >= 0.6 is 0 Å². The lowest BCUT2D eigenvalue weighted by Crippen LogP contribution is -2.08. The Balaban J connectivity index is 1.76. The first-order valence-corrected chi connectivity index (χ1v) is 8.86. The van der Waals surface area contributed by atoms with Crippen LogP contribution in [-0.4, -0.2) is 26.3 Å². The van der Waals surface area contributed by atoms with Gasteiger partial charge in [-0.2, -0.15) is 5.10 Å². The van der Waals surface area contributed by atoms with Crippen molar-refractivity contribution >= 4 is 5.82 Å². The fourth-order valence-corrected chi connectivity index (χ4v) is 2.59. The molecule has 0 aromatic carbocycles. The molecule has 0 aliphatic heterocycles. The quantitative estimate of drug-likeness (QED) is 0.697. The summed E-state index contributed by atoms with van der Waals surface area (Å²) in [6, 6.07) is 8.16. The van der Waals surface area contributed by atoms with E-state index in [1.54, 1.807) is 0 Å². The largest absolute Gasteiger partial charge is 0.370 e. The molecule has 0 fully saturated rings. The number of pyridine rings is 2. The molecule has 0 saturated heterocycles. The van der Waals surface area contributed by atoms with E-state index in [-0.39, 0.29) is 0 Å². The minimum Gasteiger partial charge on any atom is -0.370 e. The zero-order valence-electron chi connectivity index (χ0n) is 15.1. The average molecular weight is 335 g/mol. The Morgan fingerprint density at radius 1 is 1.08 bits per heavy atom. The molecule has 5 heteroatoms. The highest BCUT2D eigenvalue weighted by Crippen LogP contribution is 2.21. The number of nitrogens with zero attached hydrogens (tertiary/aromatic N) is 4. The van der Waals surface area contributed by atoms with Gasteiger partial charge in [-0.05, 0) is 36.6 Å². The third-order valence-electron chi connectivity index (χ3n) is 3.94. The summed E-state index contributed by atoms with van der Waals surface area (Å²) in [6.45, 7) is 7.45. The maximum atomic E-state index is 4.49. The molecular formula is C20H25N5. The number of aryl methyl sites for hydroxylation is 1. The summed E-state index contributed by atoms with van der Waals surface area (Å²) in [4.78, 5) is 8.89. The molecular weight excluding hydrogens is 310 g/mol. The van der Waals surface area contributed by atoms with Crippen molar-refractivity contribution in [3.63, 3.8) is 0 Å². The third kappa shape index (κ3) is 4.44. The zero-order valence-corrected chi connectivity index (χ0v) is 15.1. The van der Waals surface area contributed by atoms with E-state index >= 15 is 0 Å². The second kappa shape index (κ2) is 7.92. The van der Waals surface area contributed by atoms with E-state index in [4.69, 9.17) is 0 Å². The van der Waals surface area contributed by atoms with Gasteiger partial charge in [-0.15, -0.1) is 0 Å². The predicted octanol–water partition coefficient (Wildman–Crippen LogP) is 4.35. The maximum absolute atomic E-state index is 4.49. The number of hydrogen-bond donors (Lipinski definition) is 1. The Bertz CT molecular complexity index is 805. The molecule has 0 aliphatic rings. The van der Waals surface area contributed by atoms with Gasteiger partial charge in [0.1, 0.15) is 5.82 Å². The number of nitrogens with one attached hydrogen (secondary N) is 1. The molecule has 0 bridgehead atoms. The molecule has 3 aromatic heterocycles. The van der Waals surface area contributed by atoms with E-state index < -0.39 is 0 Å². The van der Waals surface area contributed by atoms with E-state index in [0.717, 1.165) is 47.7 Å². The van der Waals surface area contributed by atoms with E-state index in [0.29, 0.717) is 5.92 Å². The summed E-state index contributed by atoms with van der Waals surface area (Å²) in [5.41, 5.74) is 4.24. The fraction of sp³-hybridized carbons (Fsp3) is 0.350. The van der Waals surface area contributed by atoms with Crippen molar-refractivity contribution in [3.05, 3.63) is 54.7 Å². The van der Waals surface area contributed by atoms with Crippen molar-refractivity contribution in [3.8, 4) is 16.8 Å². The lowest BCUT2D eigenvalue weighted by molar-refractivity contribution is 0.687. The second-order valence-electron chi connectivity index (χ2n) is 6.64. The Morgan fingerprint density at radius 2 is 1.96 bits per heavy atom. The van der Waals surface area contributed by atoms with Crippen LogP contribution < -0.4 is 5.32 Å². The summed E-state index contributed by atoms with van der Waals surface area (Å²) in [6.07, 6.45) is 9.71. The fourth-order valence-electron chi connectivity index (χ4n) is 2.59. The maximum Gasteiger partial charge on any atom is 0.125 e. The van der Waals surface area contributed by atoms with E-state index in [1.807, 2.05) is 41.6 Å². The molecule has 3 heterocycles. The van der Waals surface area contributed by atoms with Crippen LogP contribution in [0.4, 0.5) is 5.82 Å². The van der Waals surface area contributed by atoms with E-state index in [1.165, 1.54) is 0 Å². The van der Waals surface area contributed by atoms with Gasteiger partial charge in [0.2, 0.25) is 0 Å². The Hall–Kier alpha value is -2.69. The van der Waals surface area contributed by atoms with Crippen molar-refractivity contribution in [2.45, 2.75) is 33.6 Å². The molecule has 0 saturated carbocycles. The van der Waals surface area contributed by atoms with Crippen molar-refractivity contribution in [1.82, 2.24) is 19.7 Å². The van der Waals surface area contributed by atoms with Crippen molar-refractivity contribution in [2.24, 2.45) is 5.92 Å². The van der Waals surface area contributed by atoms with Crippen LogP contribution in [0.3, 0.4) is 0 Å². The van der Waals surface area contributed by atoms with Gasteiger partial charge in [0.25, 0.3) is 0 Å². The Kier molecular flexibility index (Phi) is 5.43. The first-order valence-electron chi connectivity index (χ1n) is 8.86. The van der Waals surface area contributed by atoms with Gasteiger partial charge in [0.15, 0.2) is 0 Å². The number of anilines is 1. The average Bonchev–Trinajstić information content (AvgIpc) is 3.11. The summed E-state index contributed by atoms with van der Waals surface area (Å²) in [7, 11) is 0. The number of rotatable bonds is 7. The van der Waals surface area contributed by atoms with Gasteiger partial charge in [-0.3, -0.25) is 4.98 Å². The monoisotopic (exact) mass is 335 g/mol. The van der Waals surface area contributed by atoms with Gasteiger partial charge in [0, 0.05) is 42.0 Å². The van der Waals surface area contributed by atoms with Gasteiger partial charge < -0.3 is 5.32 Å². The highest BCUT2D eigenvalue weighted by atomic mass is 15.3. The molecule has 3 aromatic rings. The summed E-state index contributed by atoms with van der Waals surface area (Å²) in [5, 5.41) is 7.82. The number of hydrogen-bond acceptors (Lipinski definition) is 4. The lowest BCUT2D eigenvalue weighted by Gasteiger charge is -2.08. The molecule has 0 radical (unpaired) electrons. The minimum atomic E-state index is 0.595. The van der Waals surface area contributed by atoms with Gasteiger partial charge >= 0.3 is 0 Å². The Labute approximate surface area is 149 Å². The van der Waals surface area contributed by atoms with Gasteiger partial charge in [-0.1, -0.05) is 27.2 Å². The molecule has 0 atom stereocenters. The summed E-state index contributed by atoms with van der Waals surface area (Å²) in [5.74, 6) is 1.50. The molecule has 130 valence electrons. The van der Waals surface area contributed by atoms with Crippen molar-refractivity contribution in [1.29, 1.82) is 0 Å².